The molecule has 0 bridgehead atoms. The molecule has 1 aliphatic rings. The summed E-state index contributed by atoms with van der Waals surface area (Å²) < 4.78 is 2.43. The van der Waals surface area contributed by atoms with E-state index in [2.05, 4.69) is 67.7 Å². The number of allylic oxidation sites excluding steroid dienone is 1. The number of unbranched alkanes of at least 4 members (excludes halogenated alkanes) is 2. The Hall–Kier alpha value is -3.27. The van der Waals surface area contributed by atoms with Crippen molar-refractivity contribution in [2.75, 3.05) is 0 Å². The first-order valence-electron chi connectivity index (χ1n) is 14.4. The van der Waals surface area contributed by atoms with Crippen LogP contribution in [0.15, 0.2) is 49.2 Å². The SMILES string of the molecule is C=C(NC(C)C)c1cn(CCCCC)c2c(/C=C(/c3ccc(C(=O)O)cc3C)C3CCCCC3)cccc12. The standard InChI is InChI=1S/C34H44N2O2/c1-6-7-11-19-36-22-32(25(5)35-23(2)3)30-16-12-15-27(33(30)36)21-31(26-13-9-8-10-14-26)29-18-17-28(34(37)38)20-24(29)4/h12,15-18,20-23,26,35H,5-11,13-14,19H2,1-4H3,(H,37,38)/b31-21+. The fraction of sp³-hybridized carbons (Fsp3) is 0.441. The first-order valence-corrected chi connectivity index (χ1v) is 14.4. The van der Waals surface area contributed by atoms with Gasteiger partial charge in [0.15, 0.2) is 0 Å². The average Bonchev–Trinajstić information content (AvgIpc) is 3.27. The molecule has 4 heteroatoms. The Labute approximate surface area is 228 Å². The molecule has 0 spiro atoms. The summed E-state index contributed by atoms with van der Waals surface area (Å²) in [6.45, 7) is 14.0. The minimum atomic E-state index is -0.875. The van der Waals surface area contributed by atoms with E-state index in [1.807, 2.05) is 19.1 Å². The van der Waals surface area contributed by atoms with Crippen molar-refractivity contribution in [2.24, 2.45) is 5.92 Å². The number of carbonyl (C=O) groups is 1. The van der Waals surface area contributed by atoms with Crippen molar-refractivity contribution in [3.8, 4) is 0 Å². The van der Waals surface area contributed by atoms with Gasteiger partial charge in [0.2, 0.25) is 0 Å². The summed E-state index contributed by atoms with van der Waals surface area (Å²) in [5.74, 6) is -0.394. The van der Waals surface area contributed by atoms with Crippen LogP contribution in [0.2, 0.25) is 0 Å². The van der Waals surface area contributed by atoms with Crippen LogP contribution in [0, 0.1) is 12.8 Å². The summed E-state index contributed by atoms with van der Waals surface area (Å²) in [5.41, 5.74) is 8.52. The number of carboxylic acids is 1. The molecule has 2 N–H and O–H groups in total. The fourth-order valence-electron chi connectivity index (χ4n) is 6.00. The predicted octanol–water partition coefficient (Wildman–Crippen LogP) is 8.93. The van der Waals surface area contributed by atoms with Crippen LogP contribution in [0.3, 0.4) is 0 Å². The van der Waals surface area contributed by atoms with Gasteiger partial charge in [0.25, 0.3) is 0 Å². The van der Waals surface area contributed by atoms with Crippen molar-refractivity contribution >= 4 is 34.2 Å². The molecule has 38 heavy (non-hydrogen) atoms. The zero-order chi connectivity index (χ0) is 27.2. The van der Waals surface area contributed by atoms with Crippen molar-refractivity contribution in [3.05, 3.63) is 77.0 Å². The van der Waals surface area contributed by atoms with Crippen LogP contribution in [0.1, 0.15) is 105 Å². The van der Waals surface area contributed by atoms with Gasteiger partial charge in [-0.05, 0) is 86.4 Å². The van der Waals surface area contributed by atoms with Gasteiger partial charge in [0, 0.05) is 35.4 Å². The zero-order valence-electron chi connectivity index (χ0n) is 23.6. The number of hydrogen-bond acceptors (Lipinski definition) is 2. The van der Waals surface area contributed by atoms with E-state index in [0.29, 0.717) is 17.5 Å². The molecule has 0 saturated heterocycles. The van der Waals surface area contributed by atoms with Gasteiger partial charge in [0.1, 0.15) is 0 Å². The number of fused-ring (bicyclic) bond motifs is 1. The molecule has 4 rings (SSSR count). The van der Waals surface area contributed by atoms with E-state index in [1.54, 1.807) is 6.07 Å². The molecule has 1 saturated carbocycles. The second kappa shape index (κ2) is 12.5. The smallest absolute Gasteiger partial charge is 0.335 e. The first kappa shape index (κ1) is 27.8. The number of nitrogens with zero attached hydrogens (tertiary/aromatic N) is 1. The number of carboxylic acid groups (broad SMARTS) is 1. The highest BCUT2D eigenvalue weighted by Crippen LogP contribution is 2.39. The summed E-state index contributed by atoms with van der Waals surface area (Å²) in [4.78, 5) is 11.6. The van der Waals surface area contributed by atoms with Gasteiger partial charge < -0.3 is 15.0 Å². The lowest BCUT2D eigenvalue weighted by atomic mass is 9.79. The summed E-state index contributed by atoms with van der Waals surface area (Å²) in [7, 11) is 0. The Kier molecular flexibility index (Phi) is 9.14. The van der Waals surface area contributed by atoms with Crippen LogP contribution in [-0.4, -0.2) is 21.7 Å². The Morgan fingerprint density at radius 3 is 2.55 bits per heavy atom. The van der Waals surface area contributed by atoms with Gasteiger partial charge in [-0.3, -0.25) is 0 Å². The molecule has 0 unspecified atom stereocenters. The van der Waals surface area contributed by atoms with Gasteiger partial charge in [-0.1, -0.05) is 69.9 Å². The Morgan fingerprint density at radius 2 is 1.89 bits per heavy atom. The number of aromatic nitrogens is 1. The molecule has 0 amide bonds. The highest BCUT2D eigenvalue weighted by molar-refractivity contribution is 6.00. The maximum Gasteiger partial charge on any atom is 0.335 e. The van der Waals surface area contributed by atoms with Crippen molar-refractivity contribution < 1.29 is 9.90 Å². The highest BCUT2D eigenvalue weighted by Gasteiger charge is 2.22. The molecule has 1 aliphatic carbocycles. The summed E-state index contributed by atoms with van der Waals surface area (Å²) >= 11 is 0. The molecule has 0 radical (unpaired) electrons. The lowest BCUT2D eigenvalue weighted by Crippen LogP contribution is -2.20. The maximum atomic E-state index is 11.6. The maximum absolute atomic E-state index is 11.6. The van der Waals surface area contributed by atoms with E-state index < -0.39 is 5.97 Å². The Bertz CT molecular complexity index is 1320. The molecule has 1 heterocycles. The third kappa shape index (κ3) is 6.23. The van der Waals surface area contributed by atoms with E-state index in [0.717, 1.165) is 24.2 Å². The number of aryl methyl sites for hydroxylation is 2. The lowest BCUT2D eigenvalue weighted by molar-refractivity contribution is 0.0696. The van der Waals surface area contributed by atoms with Crippen LogP contribution in [0.25, 0.3) is 28.2 Å². The normalized spacial score (nSPS) is 14.8. The molecular formula is C34H44N2O2. The van der Waals surface area contributed by atoms with Gasteiger partial charge >= 0.3 is 5.97 Å². The van der Waals surface area contributed by atoms with E-state index in [4.69, 9.17) is 0 Å². The van der Waals surface area contributed by atoms with E-state index in [-0.39, 0.29) is 0 Å². The second-order valence-corrected chi connectivity index (χ2v) is 11.2. The molecule has 2 aromatic carbocycles. The topological polar surface area (TPSA) is 54.3 Å². The number of nitrogens with one attached hydrogen (secondary N) is 1. The zero-order valence-corrected chi connectivity index (χ0v) is 23.6. The highest BCUT2D eigenvalue weighted by atomic mass is 16.4. The van der Waals surface area contributed by atoms with Gasteiger partial charge in [-0.15, -0.1) is 0 Å². The number of hydrogen-bond donors (Lipinski definition) is 2. The lowest BCUT2D eigenvalue weighted by Gasteiger charge is -2.26. The number of rotatable bonds is 11. The van der Waals surface area contributed by atoms with Crippen molar-refractivity contribution in [3.63, 3.8) is 0 Å². The van der Waals surface area contributed by atoms with Gasteiger partial charge in [-0.25, -0.2) is 4.79 Å². The van der Waals surface area contributed by atoms with Crippen molar-refractivity contribution in [1.29, 1.82) is 0 Å². The third-order valence-electron chi connectivity index (χ3n) is 7.86. The van der Waals surface area contributed by atoms with Crippen molar-refractivity contribution in [1.82, 2.24) is 9.88 Å². The number of para-hydroxylation sites is 1. The Morgan fingerprint density at radius 1 is 1.13 bits per heavy atom. The second-order valence-electron chi connectivity index (χ2n) is 11.2. The number of benzene rings is 2. The molecule has 4 nitrogen and oxygen atoms in total. The molecule has 1 aromatic heterocycles. The Balaban J connectivity index is 1.89. The molecule has 202 valence electrons. The largest absolute Gasteiger partial charge is 0.478 e. The average molecular weight is 513 g/mol. The first-order chi connectivity index (χ1) is 18.3. The van der Waals surface area contributed by atoms with E-state index in [1.165, 1.54) is 78.1 Å². The van der Waals surface area contributed by atoms with Crippen LogP contribution in [0.4, 0.5) is 0 Å². The van der Waals surface area contributed by atoms with E-state index in [9.17, 15) is 9.90 Å². The van der Waals surface area contributed by atoms with Crippen LogP contribution in [0.5, 0.6) is 0 Å². The van der Waals surface area contributed by atoms with Crippen LogP contribution in [-0.2, 0) is 6.54 Å². The quantitative estimate of drug-likeness (QED) is 0.199. The summed E-state index contributed by atoms with van der Waals surface area (Å²) in [6, 6.07) is 12.6. The van der Waals surface area contributed by atoms with Crippen molar-refractivity contribution in [2.45, 2.75) is 91.6 Å². The molecular weight excluding hydrogens is 468 g/mol. The minimum Gasteiger partial charge on any atom is -0.478 e. The van der Waals surface area contributed by atoms with Crippen LogP contribution >= 0.6 is 0 Å². The molecule has 0 aliphatic heterocycles. The van der Waals surface area contributed by atoms with E-state index >= 15 is 0 Å². The predicted molar refractivity (Wildman–Crippen MR) is 161 cm³/mol. The molecule has 0 atom stereocenters. The number of aromatic carboxylic acids is 1. The third-order valence-corrected chi connectivity index (χ3v) is 7.86. The van der Waals surface area contributed by atoms with Gasteiger partial charge in [-0.2, -0.15) is 0 Å². The van der Waals surface area contributed by atoms with Gasteiger partial charge in [0.05, 0.1) is 11.1 Å². The monoisotopic (exact) mass is 512 g/mol. The molecule has 1 fully saturated rings. The van der Waals surface area contributed by atoms with Crippen LogP contribution < -0.4 is 5.32 Å². The molecule has 3 aromatic rings. The minimum absolute atomic E-state index is 0.318. The fourth-order valence-corrected chi connectivity index (χ4v) is 6.00. The summed E-state index contributed by atoms with van der Waals surface area (Å²) in [5, 5.41) is 14.3. The summed E-state index contributed by atoms with van der Waals surface area (Å²) in [6.07, 6.45) is 14.4.